The second-order valence-electron chi connectivity index (χ2n) is 5.64. The lowest BCUT2D eigenvalue weighted by Gasteiger charge is -2.34. The highest BCUT2D eigenvalue weighted by molar-refractivity contribution is 6.42. The maximum absolute atomic E-state index is 12.3. The predicted molar refractivity (Wildman–Crippen MR) is 96.6 cm³/mol. The van der Waals surface area contributed by atoms with Crippen molar-refractivity contribution in [1.29, 1.82) is 0 Å². The maximum atomic E-state index is 12.3. The number of halogens is 2. The van der Waals surface area contributed by atoms with Gasteiger partial charge in [0.2, 0.25) is 0 Å². The summed E-state index contributed by atoms with van der Waals surface area (Å²) in [4.78, 5) is 20.8. The van der Waals surface area contributed by atoms with Crippen molar-refractivity contribution in [3.8, 4) is 0 Å². The van der Waals surface area contributed by atoms with E-state index in [-0.39, 0.29) is 6.03 Å². The number of pyridine rings is 1. The van der Waals surface area contributed by atoms with Gasteiger partial charge in [0.25, 0.3) is 0 Å². The Morgan fingerprint density at radius 1 is 1.08 bits per heavy atom. The molecule has 1 fully saturated rings. The molecular formula is C17H18Cl2N4O. The Hall–Kier alpha value is -1.82. The maximum Gasteiger partial charge on any atom is 0.321 e. The standard InChI is InChI=1S/C17H18Cl2N4O/c18-15-5-4-13(11-16(15)19)21-17(24)23-9-7-22(8-10-23)12-14-3-1-2-6-20-14/h1-6,11H,7-10,12H2,(H,21,24). The summed E-state index contributed by atoms with van der Waals surface area (Å²) in [6.45, 7) is 3.82. The van der Waals surface area contributed by atoms with Crippen LogP contribution in [0.25, 0.3) is 0 Å². The van der Waals surface area contributed by atoms with Crippen LogP contribution in [0, 0.1) is 0 Å². The van der Waals surface area contributed by atoms with Gasteiger partial charge in [-0.15, -0.1) is 0 Å². The molecule has 0 spiro atoms. The number of hydrogen-bond acceptors (Lipinski definition) is 3. The molecule has 7 heteroatoms. The molecule has 0 saturated carbocycles. The number of hydrogen-bond donors (Lipinski definition) is 1. The van der Waals surface area contributed by atoms with Crippen LogP contribution in [0.4, 0.5) is 10.5 Å². The van der Waals surface area contributed by atoms with E-state index in [0.29, 0.717) is 28.8 Å². The van der Waals surface area contributed by atoms with E-state index in [4.69, 9.17) is 23.2 Å². The first kappa shape index (κ1) is 17.0. The van der Waals surface area contributed by atoms with Gasteiger partial charge in [0.1, 0.15) is 0 Å². The molecular weight excluding hydrogens is 347 g/mol. The first-order valence-electron chi connectivity index (χ1n) is 7.75. The van der Waals surface area contributed by atoms with Crippen molar-refractivity contribution in [2.45, 2.75) is 6.54 Å². The van der Waals surface area contributed by atoms with Gasteiger partial charge in [0, 0.05) is 44.6 Å². The minimum absolute atomic E-state index is 0.120. The van der Waals surface area contributed by atoms with E-state index in [1.54, 1.807) is 29.3 Å². The zero-order chi connectivity index (χ0) is 16.9. The van der Waals surface area contributed by atoms with E-state index in [9.17, 15) is 4.79 Å². The third-order valence-electron chi connectivity index (χ3n) is 3.94. The molecule has 126 valence electrons. The highest BCUT2D eigenvalue weighted by Gasteiger charge is 2.21. The largest absolute Gasteiger partial charge is 0.322 e. The van der Waals surface area contributed by atoms with Crippen LogP contribution in [0.3, 0.4) is 0 Å². The fraction of sp³-hybridized carbons (Fsp3) is 0.294. The van der Waals surface area contributed by atoms with Crippen LogP contribution in [0.5, 0.6) is 0 Å². The number of benzene rings is 1. The van der Waals surface area contributed by atoms with Crippen molar-refractivity contribution in [2.24, 2.45) is 0 Å². The molecule has 0 bridgehead atoms. The second kappa shape index (κ2) is 7.83. The SMILES string of the molecule is O=C(Nc1ccc(Cl)c(Cl)c1)N1CCN(Cc2ccccn2)CC1. The minimum atomic E-state index is -0.120. The number of urea groups is 1. The molecule has 2 aromatic rings. The summed E-state index contributed by atoms with van der Waals surface area (Å²) in [5.41, 5.74) is 1.69. The average Bonchev–Trinajstić information content (AvgIpc) is 2.60. The van der Waals surface area contributed by atoms with Crippen molar-refractivity contribution in [2.75, 3.05) is 31.5 Å². The molecule has 0 atom stereocenters. The second-order valence-corrected chi connectivity index (χ2v) is 6.46. The molecule has 2 heterocycles. The molecule has 2 amide bonds. The quantitative estimate of drug-likeness (QED) is 0.902. The Morgan fingerprint density at radius 2 is 1.88 bits per heavy atom. The first-order valence-corrected chi connectivity index (χ1v) is 8.50. The molecule has 24 heavy (non-hydrogen) atoms. The highest BCUT2D eigenvalue weighted by Crippen LogP contribution is 2.25. The van der Waals surface area contributed by atoms with E-state index in [2.05, 4.69) is 15.2 Å². The summed E-state index contributed by atoms with van der Waals surface area (Å²) >= 11 is 11.9. The number of piperazine rings is 1. The van der Waals surface area contributed by atoms with Gasteiger partial charge in [-0.2, -0.15) is 0 Å². The molecule has 0 aliphatic carbocycles. The number of amides is 2. The Labute approximate surface area is 151 Å². The number of nitrogens with one attached hydrogen (secondary N) is 1. The van der Waals surface area contributed by atoms with E-state index in [1.807, 2.05) is 18.2 Å². The van der Waals surface area contributed by atoms with Crippen molar-refractivity contribution < 1.29 is 4.79 Å². The topological polar surface area (TPSA) is 48.5 Å². The van der Waals surface area contributed by atoms with Crippen LogP contribution in [0.15, 0.2) is 42.6 Å². The van der Waals surface area contributed by atoms with Gasteiger partial charge < -0.3 is 10.2 Å². The average molecular weight is 365 g/mol. The molecule has 1 aliphatic rings. The molecule has 1 saturated heterocycles. The van der Waals surface area contributed by atoms with Crippen LogP contribution in [0.1, 0.15) is 5.69 Å². The van der Waals surface area contributed by atoms with Gasteiger partial charge in [0.15, 0.2) is 0 Å². The third kappa shape index (κ3) is 4.38. The van der Waals surface area contributed by atoms with Crippen molar-refractivity contribution >= 4 is 34.9 Å². The lowest BCUT2D eigenvalue weighted by atomic mass is 10.2. The molecule has 0 unspecified atom stereocenters. The van der Waals surface area contributed by atoms with Crippen molar-refractivity contribution in [1.82, 2.24) is 14.8 Å². The zero-order valence-corrected chi connectivity index (χ0v) is 14.6. The van der Waals surface area contributed by atoms with E-state index in [1.165, 1.54) is 0 Å². The zero-order valence-electron chi connectivity index (χ0n) is 13.1. The fourth-order valence-corrected chi connectivity index (χ4v) is 2.90. The summed E-state index contributed by atoms with van der Waals surface area (Å²) < 4.78 is 0. The molecule has 1 aliphatic heterocycles. The van der Waals surface area contributed by atoms with Gasteiger partial charge in [-0.1, -0.05) is 29.3 Å². The van der Waals surface area contributed by atoms with Crippen molar-refractivity contribution in [3.05, 3.63) is 58.3 Å². The molecule has 5 nitrogen and oxygen atoms in total. The molecule has 1 N–H and O–H groups in total. The summed E-state index contributed by atoms with van der Waals surface area (Å²) in [5, 5.41) is 3.75. The van der Waals surface area contributed by atoms with Crippen LogP contribution >= 0.6 is 23.2 Å². The van der Waals surface area contributed by atoms with Crippen LogP contribution in [-0.4, -0.2) is 47.0 Å². The van der Waals surface area contributed by atoms with E-state index in [0.717, 1.165) is 25.3 Å². The number of anilines is 1. The Bertz CT molecular complexity index is 703. The number of nitrogens with zero attached hydrogens (tertiary/aromatic N) is 3. The highest BCUT2D eigenvalue weighted by atomic mass is 35.5. The van der Waals surface area contributed by atoms with Crippen LogP contribution in [0.2, 0.25) is 10.0 Å². The summed E-state index contributed by atoms with van der Waals surface area (Å²) in [7, 11) is 0. The molecule has 3 rings (SSSR count). The minimum Gasteiger partial charge on any atom is -0.322 e. The normalized spacial score (nSPS) is 15.3. The van der Waals surface area contributed by atoms with Gasteiger partial charge in [-0.05, 0) is 30.3 Å². The summed E-state index contributed by atoms with van der Waals surface area (Å²) in [6, 6.07) is 10.9. The van der Waals surface area contributed by atoms with E-state index < -0.39 is 0 Å². The Morgan fingerprint density at radius 3 is 2.54 bits per heavy atom. The summed E-state index contributed by atoms with van der Waals surface area (Å²) in [6.07, 6.45) is 1.80. The number of carbonyl (C=O) groups excluding carboxylic acids is 1. The number of aromatic nitrogens is 1. The Kier molecular flexibility index (Phi) is 5.56. The summed E-state index contributed by atoms with van der Waals surface area (Å²) in [5.74, 6) is 0. The van der Waals surface area contributed by atoms with E-state index >= 15 is 0 Å². The van der Waals surface area contributed by atoms with Crippen molar-refractivity contribution in [3.63, 3.8) is 0 Å². The lowest BCUT2D eigenvalue weighted by molar-refractivity contribution is 0.142. The number of rotatable bonds is 3. The predicted octanol–water partition coefficient (Wildman–Crippen LogP) is 3.74. The molecule has 0 radical (unpaired) electrons. The third-order valence-corrected chi connectivity index (χ3v) is 4.68. The van der Waals surface area contributed by atoms with Gasteiger partial charge in [0.05, 0.1) is 15.7 Å². The Balaban J connectivity index is 1.50. The first-order chi connectivity index (χ1) is 11.6. The molecule has 1 aromatic carbocycles. The smallest absolute Gasteiger partial charge is 0.321 e. The molecule has 1 aromatic heterocycles. The van der Waals surface area contributed by atoms with Crippen LogP contribution in [-0.2, 0) is 6.54 Å². The van der Waals surface area contributed by atoms with Gasteiger partial charge in [-0.25, -0.2) is 4.79 Å². The fourth-order valence-electron chi connectivity index (χ4n) is 2.61. The van der Waals surface area contributed by atoms with Gasteiger partial charge >= 0.3 is 6.03 Å². The number of carbonyl (C=O) groups is 1. The monoisotopic (exact) mass is 364 g/mol. The van der Waals surface area contributed by atoms with Crippen LogP contribution < -0.4 is 5.32 Å². The lowest BCUT2D eigenvalue weighted by Crippen LogP contribution is -2.49. The van der Waals surface area contributed by atoms with Gasteiger partial charge in [-0.3, -0.25) is 9.88 Å².